The van der Waals surface area contributed by atoms with Crippen molar-refractivity contribution in [1.29, 1.82) is 0 Å². The van der Waals surface area contributed by atoms with Crippen molar-refractivity contribution >= 4 is 11.4 Å². The molecule has 2 rings (SSSR count). The van der Waals surface area contributed by atoms with Crippen LogP contribution in [-0.4, -0.2) is 10.9 Å². The third kappa shape index (κ3) is 2.03. The fourth-order valence-electron chi connectivity index (χ4n) is 1.52. The fraction of sp³-hybridized carbons (Fsp3) is 0. The number of oxime groups is 1. The van der Waals surface area contributed by atoms with Crippen LogP contribution in [0.3, 0.4) is 0 Å². The number of hydrogen-bond donors (Lipinski definition) is 2. The average molecular weight is 212 g/mol. The Morgan fingerprint density at radius 3 is 2.00 bits per heavy atom. The summed E-state index contributed by atoms with van der Waals surface area (Å²) in [5.74, 6) is 0. The number of hydrogen-bond acceptors (Lipinski definition) is 3. The number of nitrogens with two attached hydrogens (primary N) is 1. The Bertz CT molecular complexity index is 489. The average Bonchev–Trinajstić information content (AvgIpc) is 2.34. The van der Waals surface area contributed by atoms with E-state index in [1.54, 1.807) is 12.1 Å². The molecule has 0 fully saturated rings. The Morgan fingerprint density at radius 1 is 0.875 bits per heavy atom. The van der Waals surface area contributed by atoms with Crippen molar-refractivity contribution in [3.05, 3.63) is 65.7 Å². The molecule has 0 aliphatic carbocycles. The minimum Gasteiger partial charge on any atom is -0.410 e. The van der Waals surface area contributed by atoms with E-state index in [0.29, 0.717) is 11.4 Å². The first-order chi connectivity index (χ1) is 7.81. The largest absolute Gasteiger partial charge is 0.410 e. The van der Waals surface area contributed by atoms with Gasteiger partial charge in [0.25, 0.3) is 0 Å². The molecule has 3 nitrogen and oxygen atoms in total. The fourth-order valence-corrected chi connectivity index (χ4v) is 1.52. The maximum atomic E-state index is 9.06. The van der Waals surface area contributed by atoms with Gasteiger partial charge in [-0.2, -0.15) is 0 Å². The highest BCUT2D eigenvalue weighted by Gasteiger charge is 2.06. The summed E-state index contributed by atoms with van der Waals surface area (Å²) in [6, 6.07) is 16.7. The number of anilines is 1. The summed E-state index contributed by atoms with van der Waals surface area (Å²) in [5.41, 5.74) is 8.54. The zero-order chi connectivity index (χ0) is 11.4. The molecule has 0 atom stereocenters. The molecule has 2 aromatic carbocycles. The molecule has 0 aliphatic heterocycles. The molecule has 3 N–H and O–H groups in total. The first-order valence-corrected chi connectivity index (χ1v) is 4.94. The van der Waals surface area contributed by atoms with Crippen LogP contribution in [-0.2, 0) is 0 Å². The van der Waals surface area contributed by atoms with Crippen molar-refractivity contribution in [2.24, 2.45) is 5.16 Å². The van der Waals surface area contributed by atoms with Gasteiger partial charge in [-0.15, -0.1) is 0 Å². The van der Waals surface area contributed by atoms with E-state index in [1.807, 2.05) is 42.5 Å². The normalized spacial score (nSPS) is 11.4. The molecule has 3 heteroatoms. The summed E-state index contributed by atoms with van der Waals surface area (Å²) in [4.78, 5) is 0. The number of nitrogen functional groups attached to an aromatic ring is 1. The Balaban J connectivity index is 2.42. The Morgan fingerprint density at radius 2 is 1.44 bits per heavy atom. The van der Waals surface area contributed by atoms with Gasteiger partial charge in [-0.3, -0.25) is 0 Å². The van der Waals surface area contributed by atoms with Crippen LogP contribution in [0.4, 0.5) is 5.69 Å². The van der Waals surface area contributed by atoms with Crippen LogP contribution in [0.1, 0.15) is 11.1 Å². The van der Waals surface area contributed by atoms with Gasteiger partial charge in [-0.1, -0.05) is 47.6 Å². The lowest BCUT2D eigenvalue weighted by Crippen LogP contribution is -2.03. The zero-order valence-electron chi connectivity index (χ0n) is 8.67. The maximum Gasteiger partial charge on any atom is 0.117 e. The minimum absolute atomic E-state index is 0.542. The van der Waals surface area contributed by atoms with Crippen molar-refractivity contribution < 1.29 is 5.21 Å². The van der Waals surface area contributed by atoms with Crippen LogP contribution in [0.25, 0.3) is 0 Å². The summed E-state index contributed by atoms with van der Waals surface area (Å²) in [6.07, 6.45) is 0. The highest BCUT2D eigenvalue weighted by molar-refractivity contribution is 6.12. The number of nitrogens with zero attached hydrogens (tertiary/aromatic N) is 1. The molecule has 0 spiro atoms. The summed E-state index contributed by atoms with van der Waals surface area (Å²) in [5, 5.41) is 12.4. The lowest BCUT2D eigenvalue weighted by Gasteiger charge is -2.04. The van der Waals surface area contributed by atoms with E-state index in [1.165, 1.54) is 0 Å². The first kappa shape index (κ1) is 10.2. The van der Waals surface area contributed by atoms with Gasteiger partial charge in [0.1, 0.15) is 5.71 Å². The third-order valence-electron chi connectivity index (χ3n) is 2.33. The molecule has 0 aromatic heterocycles. The van der Waals surface area contributed by atoms with Gasteiger partial charge >= 0.3 is 0 Å². The topological polar surface area (TPSA) is 58.6 Å². The lowest BCUT2D eigenvalue weighted by molar-refractivity contribution is 0.319. The van der Waals surface area contributed by atoms with Crippen molar-refractivity contribution in [2.75, 3.05) is 5.73 Å². The molecule has 80 valence electrons. The second kappa shape index (κ2) is 4.49. The predicted molar refractivity (Wildman–Crippen MR) is 64.7 cm³/mol. The molecule has 16 heavy (non-hydrogen) atoms. The molecule has 0 radical (unpaired) electrons. The quantitative estimate of drug-likeness (QED) is 0.348. The van der Waals surface area contributed by atoms with Gasteiger partial charge in [-0.05, 0) is 12.1 Å². The van der Waals surface area contributed by atoms with E-state index in [4.69, 9.17) is 10.9 Å². The minimum atomic E-state index is 0.542. The third-order valence-corrected chi connectivity index (χ3v) is 2.33. The summed E-state index contributed by atoms with van der Waals surface area (Å²) >= 11 is 0. The molecule has 2 aromatic rings. The van der Waals surface area contributed by atoms with Gasteiger partial charge in [0.2, 0.25) is 0 Å². The molecule has 0 unspecified atom stereocenters. The van der Waals surface area contributed by atoms with Crippen LogP contribution < -0.4 is 5.73 Å². The van der Waals surface area contributed by atoms with Gasteiger partial charge in [0.05, 0.1) is 0 Å². The van der Waals surface area contributed by atoms with Crippen LogP contribution in [0, 0.1) is 0 Å². The second-order valence-electron chi connectivity index (χ2n) is 3.44. The second-order valence-corrected chi connectivity index (χ2v) is 3.44. The SMILES string of the molecule is Nc1ccc(/C(=N\O)c2ccccc2)cc1. The summed E-state index contributed by atoms with van der Waals surface area (Å²) < 4.78 is 0. The van der Waals surface area contributed by atoms with Crippen molar-refractivity contribution in [1.82, 2.24) is 0 Å². The van der Waals surface area contributed by atoms with E-state index < -0.39 is 0 Å². The van der Waals surface area contributed by atoms with Crippen molar-refractivity contribution in [2.45, 2.75) is 0 Å². The van der Waals surface area contributed by atoms with Crippen molar-refractivity contribution in [3.8, 4) is 0 Å². The van der Waals surface area contributed by atoms with E-state index in [-0.39, 0.29) is 0 Å². The number of benzene rings is 2. The Kier molecular flexibility index (Phi) is 2.87. The molecule has 0 amide bonds. The summed E-state index contributed by atoms with van der Waals surface area (Å²) in [7, 11) is 0. The van der Waals surface area contributed by atoms with Crippen LogP contribution >= 0.6 is 0 Å². The molecular weight excluding hydrogens is 200 g/mol. The smallest absolute Gasteiger partial charge is 0.117 e. The van der Waals surface area contributed by atoms with Gasteiger partial charge < -0.3 is 10.9 Å². The number of rotatable bonds is 2. The maximum absolute atomic E-state index is 9.06. The van der Waals surface area contributed by atoms with Gasteiger partial charge in [0, 0.05) is 16.8 Å². The standard InChI is InChI=1S/C13H12N2O/c14-12-8-6-11(7-9-12)13(15-16)10-4-2-1-3-5-10/h1-9,16H,14H2/b15-13-. The van der Waals surface area contributed by atoms with E-state index in [0.717, 1.165) is 11.1 Å². The lowest BCUT2D eigenvalue weighted by atomic mass is 10.0. The van der Waals surface area contributed by atoms with E-state index in [2.05, 4.69) is 5.16 Å². The molecule has 0 saturated heterocycles. The van der Waals surface area contributed by atoms with Gasteiger partial charge in [0.15, 0.2) is 0 Å². The van der Waals surface area contributed by atoms with E-state index >= 15 is 0 Å². The Hall–Kier alpha value is -2.29. The van der Waals surface area contributed by atoms with Gasteiger partial charge in [-0.25, -0.2) is 0 Å². The first-order valence-electron chi connectivity index (χ1n) is 4.94. The van der Waals surface area contributed by atoms with E-state index in [9.17, 15) is 0 Å². The van der Waals surface area contributed by atoms with Crippen molar-refractivity contribution in [3.63, 3.8) is 0 Å². The predicted octanol–water partition coefficient (Wildman–Crippen LogP) is 2.50. The Labute approximate surface area is 93.8 Å². The van der Waals surface area contributed by atoms with Crippen LogP contribution in [0.2, 0.25) is 0 Å². The molecule has 0 saturated carbocycles. The highest BCUT2D eigenvalue weighted by atomic mass is 16.4. The molecule has 0 aliphatic rings. The molecular formula is C13H12N2O. The highest BCUT2D eigenvalue weighted by Crippen LogP contribution is 2.12. The van der Waals surface area contributed by atoms with Crippen LogP contribution in [0.15, 0.2) is 59.8 Å². The molecule has 0 bridgehead atoms. The zero-order valence-corrected chi connectivity index (χ0v) is 8.67. The molecule has 0 heterocycles. The van der Waals surface area contributed by atoms with Crippen LogP contribution in [0.5, 0.6) is 0 Å². The monoisotopic (exact) mass is 212 g/mol. The summed E-state index contributed by atoms with van der Waals surface area (Å²) in [6.45, 7) is 0.